The molecular weight excluding hydrogens is 250 g/mol. The highest BCUT2D eigenvalue weighted by Gasteiger charge is 2.53. The van der Waals surface area contributed by atoms with Gasteiger partial charge in [0.15, 0.2) is 5.76 Å². The van der Waals surface area contributed by atoms with E-state index in [4.69, 9.17) is 4.42 Å². The molecule has 1 aromatic rings. The van der Waals surface area contributed by atoms with Gasteiger partial charge in [0.05, 0.1) is 6.26 Å². The molecule has 0 saturated heterocycles. The normalized spacial score (nSPS) is 39.8. The lowest BCUT2D eigenvalue weighted by Gasteiger charge is -2.59. The van der Waals surface area contributed by atoms with E-state index >= 15 is 0 Å². The molecule has 3 heteroatoms. The molecule has 4 saturated carbocycles. The Kier molecular flexibility index (Phi) is 2.73. The molecule has 1 amide bonds. The Morgan fingerprint density at radius 3 is 2.35 bits per heavy atom. The van der Waals surface area contributed by atoms with Crippen LogP contribution in [0, 0.1) is 23.2 Å². The van der Waals surface area contributed by atoms with Gasteiger partial charge in [-0.25, -0.2) is 0 Å². The maximum Gasteiger partial charge on any atom is 0.287 e. The molecule has 0 unspecified atom stereocenters. The van der Waals surface area contributed by atoms with Crippen molar-refractivity contribution in [3.63, 3.8) is 0 Å². The van der Waals surface area contributed by atoms with Crippen molar-refractivity contribution < 1.29 is 9.21 Å². The van der Waals surface area contributed by atoms with E-state index in [0.29, 0.717) is 11.2 Å². The Morgan fingerprint density at radius 2 is 1.85 bits per heavy atom. The van der Waals surface area contributed by atoms with Crippen molar-refractivity contribution >= 4 is 5.91 Å². The second-order valence-electron chi connectivity index (χ2n) is 7.45. The van der Waals surface area contributed by atoms with Crippen molar-refractivity contribution in [3.8, 4) is 0 Å². The first-order chi connectivity index (χ1) is 9.64. The van der Waals surface area contributed by atoms with E-state index < -0.39 is 0 Å². The standard InChI is InChI=1S/C17H23NO2/c1-11(18-16(19)15-3-2-4-20-15)17-8-12-5-13(9-17)7-14(6-12)10-17/h2-4,11-14H,5-10H2,1H3,(H,18,19)/t11-,12?,13?,14?,17?/m0/s1. The van der Waals surface area contributed by atoms with Crippen LogP contribution in [0.1, 0.15) is 56.0 Å². The van der Waals surface area contributed by atoms with Crippen molar-refractivity contribution in [1.82, 2.24) is 5.32 Å². The van der Waals surface area contributed by atoms with E-state index in [1.54, 1.807) is 18.4 Å². The lowest BCUT2D eigenvalue weighted by atomic mass is 9.48. The van der Waals surface area contributed by atoms with Crippen LogP contribution < -0.4 is 5.32 Å². The molecule has 4 aliphatic rings. The van der Waals surface area contributed by atoms with Crippen molar-refractivity contribution in [3.05, 3.63) is 24.2 Å². The summed E-state index contributed by atoms with van der Waals surface area (Å²) in [5.74, 6) is 3.14. The van der Waals surface area contributed by atoms with Crippen LogP contribution in [-0.2, 0) is 0 Å². The fraction of sp³-hybridized carbons (Fsp3) is 0.706. The van der Waals surface area contributed by atoms with E-state index in [1.807, 2.05) is 0 Å². The third-order valence-electron chi connectivity index (χ3n) is 6.10. The minimum Gasteiger partial charge on any atom is -0.459 e. The van der Waals surface area contributed by atoms with E-state index in [9.17, 15) is 4.79 Å². The average Bonchev–Trinajstić information content (AvgIpc) is 2.90. The average molecular weight is 273 g/mol. The van der Waals surface area contributed by atoms with E-state index in [0.717, 1.165) is 17.8 Å². The summed E-state index contributed by atoms with van der Waals surface area (Å²) in [6.07, 6.45) is 9.84. The number of carbonyl (C=O) groups is 1. The summed E-state index contributed by atoms with van der Waals surface area (Å²) in [6.45, 7) is 2.20. The first-order valence-corrected chi connectivity index (χ1v) is 7.99. The van der Waals surface area contributed by atoms with Crippen molar-refractivity contribution in [2.45, 2.75) is 51.5 Å². The number of carbonyl (C=O) groups excluding carboxylic acids is 1. The second kappa shape index (κ2) is 4.37. The molecular formula is C17H23NO2. The predicted molar refractivity (Wildman–Crippen MR) is 76.2 cm³/mol. The number of hydrogen-bond donors (Lipinski definition) is 1. The van der Waals surface area contributed by atoms with Crippen LogP contribution in [0.15, 0.2) is 22.8 Å². The molecule has 20 heavy (non-hydrogen) atoms. The first kappa shape index (κ1) is 12.5. The van der Waals surface area contributed by atoms with Crippen molar-refractivity contribution in [1.29, 1.82) is 0 Å². The Morgan fingerprint density at radius 1 is 1.25 bits per heavy atom. The van der Waals surface area contributed by atoms with E-state index in [-0.39, 0.29) is 11.9 Å². The van der Waals surface area contributed by atoms with Crippen LogP contribution in [0.25, 0.3) is 0 Å². The molecule has 1 N–H and O–H groups in total. The summed E-state index contributed by atoms with van der Waals surface area (Å²) >= 11 is 0. The minimum atomic E-state index is -0.0572. The molecule has 4 aliphatic carbocycles. The summed E-state index contributed by atoms with van der Waals surface area (Å²) in [4.78, 5) is 12.2. The summed E-state index contributed by atoms with van der Waals surface area (Å²) in [6, 6.07) is 3.76. The van der Waals surface area contributed by atoms with Gasteiger partial charge in [0.2, 0.25) is 0 Å². The van der Waals surface area contributed by atoms with E-state index in [2.05, 4.69) is 12.2 Å². The quantitative estimate of drug-likeness (QED) is 0.914. The van der Waals surface area contributed by atoms with Gasteiger partial charge in [-0.3, -0.25) is 4.79 Å². The molecule has 3 nitrogen and oxygen atoms in total. The summed E-state index contributed by atoms with van der Waals surface area (Å²) < 4.78 is 5.20. The molecule has 5 rings (SSSR count). The van der Waals surface area contributed by atoms with Gasteiger partial charge in [-0.15, -0.1) is 0 Å². The largest absolute Gasteiger partial charge is 0.459 e. The lowest BCUT2D eigenvalue weighted by molar-refractivity contribution is -0.0688. The van der Waals surface area contributed by atoms with Gasteiger partial charge in [0.25, 0.3) is 5.91 Å². The van der Waals surface area contributed by atoms with Crippen molar-refractivity contribution in [2.75, 3.05) is 0 Å². The fourth-order valence-corrected chi connectivity index (χ4v) is 5.54. The summed E-state index contributed by atoms with van der Waals surface area (Å²) in [5.41, 5.74) is 0.358. The summed E-state index contributed by atoms with van der Waals surface area (Å²) in [5, 5.41) is 3.21. The Balaban J connectivity index is 1.51. The highest BCUT2D eigenvalue weighted by atomic mass is 16.3. The smallest absolute Gasteiger partial charge is 0.287 e. The van der Waals surface area contributed by atoms with Crippen LogP contribution >= 0.6 is 0 Å². The van der Waals surface area contributed by atoms with Crippen LogP contribution in [0.5, 0.6) is 0 Å². The third-order valence-corrected chi connectivity index (χ3v) is 6.10. The SMILES string of the molecule is C[C@H](NC(=O)c1ccco1)C12CC3CC(CC(C3)C1)C2. The number of hydrogen-bond acceptors (Lipinski definition) is 2. The van der Waals surface area contributed by atoms with Gasteiger partial charge < -0.3 is 9.73 Å². The van der Waals surface area contributed by atoms with Crippen LogP contribution in [0.2, 0.25) is 0 Å². The molecule has 1 atom stereocenters. The first-order valence-electron chi connectivity index (χ1n) is 7.99. The lowest BCUT2D eigenvalue weighted by Crippen LogP contribution is -2.55. The van der Waals surface area contributed by atoms with Gasteiger partial charge >= 0.3 is 0 Å². The highest BCUT2D eigenvalue weighted by molar-refractivity contribution is 5.91. The second-order valence-corrected chi connectivity index (χ2v) is 7.45. The Hall–Kier alpha value is -1.25. The maximum absolute atomic E-state index is 12.2. The molecule has 108 valence electrons. The summed E-state index contributed by atoms with van der Waals surface area (Å²) in [7, 11) is 0. The zero-order valence-electron chi connectivity index (χ0n) is 12.1. The molecule has 1 aromatic heterocycles. The monoisotopic (exact) mass is 273 g/mol. The van der Waals surface area contributed by atoms with Crippen LogP contribution in [0.4, 0.5) is 0 Å². The number of amides is 1. The molecule has 0 aliphatic heterocycles. The minimum absolute atomic E-state index is 0.0572. The highest BCUT2D eigenvalue weighted by Crippen LogP contribution is 2.61. The van der Waals surface area contributed by atoms with Crippen LogP contribution in [0.3, 0.4) is 0 Å². The van der Waals surface area contributed by atoms with Crippen molar-refractivity contribution in [2.24, 2.45) is 23.2 Å². The zero-order chi connectivity index (χ0) is 13.7. The molecule has 0 aromatic carbocycles. The predicted octanol–water partition coefficient (Wildman–Crippen LogP) is 3.61. The van der Waals surface area contributed by atoms with Gasteiger partial charge in [0, 0.05) is 6.04 Å². The molecule has 1 heterocycles. The molecule has 0 radical (unpaired) electrons. The fourth-order valence-electron chi connectivity index (χ4n) is 5.54. The van der Waals surface area contributed by atoms with Gasteiger partial charge in [0.1, 0.15) is 0 Å². The Labute approximate surface area is 120 Å². The third kappa shape index (κ3) is 1.90. The molecule has 4 bridgehead atoms. The number of rotatable bonds is 3. The maximum atomic E-state index is 12.2. The van der Waals surface area contributed by atoms with Gasteiger partial charge in [-0.1, -0.05) is 0 Å². The number of nitrogens with one attached hydrogen (secondary N) is 1. The number of furan rings is 1. The zero-order valence-corrected chi connectivity index (χ0v) is 12.1. The molecule has 0 spiro atoms. The van der Waals surface area contributed by atoms with E-state index in [1.165, 1.54) is 38.5 Å². The van der Waals surface area contributed by atoms with Crippen LogP contribution in [-0.4, -0.2) is 11.9 Å². The topological polar surface area (TPSA) is 42.2 Å². The van der Waals surface area contributed by atoms with Gasteiger partial charge in [-0.05, 0) is 80.8 Å². The Bertz CT molecular complexity index is 470. The van der Waals surface area contributed by atoms with Gasteiger partial charge in [-0.2, -0.15) is 0 Å². The molecule has 4 fully saturated rings.